The number of hydrogen-bond donors (Lipinski definition) is 0. The number of anilines is 1. The van der Waals surface area contributed by atoms with Gasteiger partial charge in [-0.05, 0) is 54.8 Å². The largest absolute Gasteiger partial charge is 0.493 e. The first-order chi connectivity index (χ1) is 15.4. The molecule has 0 radical (unpaired) electrons. The lowest BCUT2D eigenvalue weighted by Crippen LogP contribution is -2.32. The molecule has 1 aliphatic heterocycles. The quantitative estimate of drug-likeness (QED) is 0.423. The Labute approximate surface area is 196 Å². The highest BCUT2D eigenvalue weighted by Crippen LogP contribution is 2.36. The fourth-order valence-corrected chi connectivity index (χ4v) is 4.66. The number of carbonyl (C=O) groups is 2. The van der Waals surface area contributed by atoms with Crippen molar-refractivity contribution in [3.8, 4) is 11.5 Å². The molecule has 0 aromatic heterocycles. The van der Waals surface area contributed by atoms with E-state index in [9.17, 15) is 9.59 Å². The average molecular weight is 468 g/mol. The van der Waals surface area contributed by atoms with Gasteiger partial charge < -0.3 is 9.47 Å². The van der Waals surface area contributed by atoms with Gasteiger partial charge in [-0.2, -0.15) is 0 Å². The van der Waals surface area contributed by atoms with Gasteiger partial charge in [0.25, 0.3) is 5.24 Å². The molecule has 3 aromatic carbocycles. The lowest BCUT2D eigenvalue weighted by Gasteiger charge is -2.15. The minimum atomic E-state index is -0.509. The van der Waals surface area contributed by atoms with Crippen LogP contribution in [0, 0.1) is 6.92 Å². The molecule has 164 valence electrons. The standard InChI is InChI=1S/C25H22ClNO4S/c1-16-6-8-17(9-7-16)15-31-21-11-10-18(12-22(21)30-2)13-23-24(28)27(25(29)32-23)20-5-3-4-19(26)14-20/h3-12,14,23H,13,15H2,1-2H3/t23-/m1/s1. The summed E-state index contributed by atoms with van der Waals surface area (Å²) in [5.74, 6) is 0.961. The number of aryl methyl sites for hydroxylation is 1. The number of methoxy groups -OCH3 is 1. The minimum Gasteiger partial charge on any atom is -0.493 e. The summed E-state index contributed by atoms with van der Waals surface area (Å²) in [5.41, 5.74) is 3.63. The third-order valence-corrected chi connectivity index (χ3v) is 6.42. The van der Waals surface area contributed by atoms with Crippen molar-refractivity contribution in [3.63, 3.8) is 0 Å². The minimum absolute atomic E-state index is 0.249. The second-order valence-corrected chi connectivity index (χ2v) is 9.08. The van der Waals surface area contributed by atoms with Crippen LogP contribution in [0.3, 0.4) is 0 Å². The molecule has 7 heteroatoms. The Balaban J connectivity index is 1.45. The molecule has 0 bridgehead atoms. The van der Waals surface area contributed by atoms with Crippen molar-refractivity contribution in [3.05, 3.63) is 88.4 Å². The van der Waals surface area contributed by atoms with Crippen LogP contribution in [0.15, 0.2) is 66.7 Å². The van der Waals surface area contributed by atoms with E-state index >= 15 is 0 Å². The highest BCUT2D eigenvalue weighted by molar-refractivity contribution is 8.15. The van der Waals surface area contributed by atoms with E-state index in [4.69, 9.17) is 21.1 Å². The number of benzene rings is 3. The molecular formula is C25H22ClNO4S. The first-order valence-corrected chi connectivity index (χ1v) is 11.4. The molecule has 0 unspecified atom stereocenters. The zero-order valence-electron chi connectivity index (χ0n) is 17.7. The van der Waals surface area contributed by atoms with Gasteiger partial charge in [-0.25, -0.2) is 4.90 Å². The number of amides is 2. The molecule has 0 N–H and O–H groups in total. The molecule has 32 heavy (non-hydrogen) atoms. The second kappa shape index (κ2) is 9.67. The summed E-state index contributed by atoms with van der Waals surface area (Å²) < 4.78 is 11.4. The summed E-state index contributed by atoms with van der Waals surface area (Å²) in [7, 11) is 1.58. The molecule has 1 fully saturated rings. The molecule has 1 saturated heterocycles. The lowest BCUT2D eigenvalue weighted by molar-refractivity contribution is -0.117. The maximum Gasteiger partial charge on any atom is 0.293 e. The smallest absolute Gasteiger partial charge is 0.293 e. The first kappa shape index (κ1) is 22.2. The third-order valence-electron chi connectivity index (χ3n) is 5.15. The van der Waals surface area contributed by atoms with E-state index in [2.05, 4.69) is 0 Å². The van der Waals surface area contributed by atoms with Crippen LogP contribution in [0.5, 0.6) is 11.5 Å². The summed E-state index contributed by atoms with van der Waals surface area (Å²) in [6.45, 7) is 2.47. The van der Waals surface area contributed by atoms with Crippen molar-refractivity contribution in [1.29, 1.82) is 0 Å². The van der Waals surface area contributed by atoms with E-state index in [1.807, 2.05) is 49.4 Å². The SMILES string of the molecule is COc1cc(C[C@H]2SC(=O)N(c3cccc(Cl)c3)C2=O)ccc1OCc1ccc(C)cc1. The van der Waals surface area contributed by atoms with Crippen molar-refractivity contribution < 1.29 is 19.1 Å². The number of hydrogen-bond acceptors (Lipinski definition) is 5. The molecule has 5 nitrogen and oxygen atoms in total. The maximum atomic E-state index is 12.9. The van der Waals surface area contributed by atoms with Crippen LogP contribution in [-0.4, -0.2) is 23.5 Å². The Morgan fingerprint density at radius 2 is 1.72 bits per heavy atom. The van der Waals surface area contributed by atoms with Crippen molar-refractivity contribution in [2.45, 2.75) is 25.2 Å². The number of thioether (sulfide) groups is 1. The molecule has 4 rings (SSSR count). The van der Waals surface area contributed by atoms with Crippen molar-refractivity contribution in [2.24, 2.45) is 0 Å². The van der Waals surface area contributed by atoms with Crippen LogP contribution in [-0.2, 0) is 17.8 Å². The van der Waals surface area contributed by atoms with E-state index in [1.165, 1.54) is 10.5 Å². The highest BCUT2D eigenvalue weighted by Gasteiger charge is 2.40. The summed E-state index contributed by atoms with van der Waals surface area (Å²) in [6, 6.07) is 20.5. The van der Waals surface area contributed by atoms with Gasteiger partial charge >= 0.3 is 0 Å². The summed E-state index contributed by atoms with van der Waals surface area (Å²) in [6.07, 6.45) is 0.404. The maximum absolute atomic E-state index is 12.9. The predicted molar refractivity (Wildman–Crippen MR) is 128 cm³/mol. The highest BCUT2D eigenvalue weighted by atomic mass is 35.5. The molecule has 3 aromatic rings. The van der Waals surface area contributed by atoms with Crippen LogP contribution in [0.4, 0.5) is 10.5 Å². The Morgan fingerprint density at radius 3 is 2.44 bits per heavy atom. The van der Waals surface area contributed by atoms with E-state index < -0.39 is 5.25 Å². The fourth-order valence-electron chi connectivity index (χ4n) is 3.45. The monoisotopic (exact) mass is 467 g/mol. The molecular weight excluding hydrogens is 446 g/mol. The average Bonchev–Trinajstić information content (AvgIpc) is 3.06. The third kappa shape index (κ3) is 4.92. The van der Waals surface area contributed by atoms with Gasteiger partial charge in [0, 0.05) is 5.02 Å². The topological polar surface area (TPSA) is 55.8 Å². The Hall–Kier alpha value is -2.96. The number of rotatable bonds is 7. The van der Waals surface area contributed by atoms with Crippen LogP contribution < -0.4 is 14.4 Å². The Morgan fingerprint density at radius 1 is 0.969 bits per heavy atom. The number of imide groups is 1. The van der Waals surface area contributed by atoms with Gasteiger partial charge in [0.1, 0.15) is 6.61 Å². The number of carbonyl (C=O) groups excluding carboxylic acids is 2. The van der Waals surface area contributed by atoms with Crippen molar-refractivity contribution in [2.75, 3.05) is 12.0 Å². The van der Waals surface area contributed by atoms with Crippen molar-refractivity contribution >= 4 is 40.2 Å². The van der Waals surface area contributed by atoms with Crippen LogP contribution in [0.2, 0.25) is 5.02 Å². The van der Waals surface area contributed by atoms with Gasteiger partial charge in [-0.3, -0.25) is 9.59 Å². The summed E-state index contributed by atoms with van der Waals surface area (Å²) in [4.78, 5) is 26.6. The van der Waals surface area contributed by atoms with Gasteiger partial charge in [0.05, 0.1) is 18.0 Å². The van der Waals surface area contributed by atoms with E-state index in [0.717, 1.165) is 22.9 Å². The number of halogens is 1. The van der Waals surface area contributed by atoms with Crippen LogP contribution >= 0.6 is 23.4 Å². The molecule has 1 aliphatic rings. The molecule has 0 aliphatic carbocycles. The van der Waals surface area contributed by atoms with Crippen molar-refractivity contribution in [1.82, 2.24) is 0 Å². The number of nitrogens with zero attached hydrogens (tertiary/aromatic N) is 1. The Bertz CT molecular complexity index is 1150. The summed E-state index contributed by atoms with van der Waals surface area (Å²) in [5, 5.41) is -0.333. The van der Waals surface area contributed by atoms with E-state index in [1.54, 1.807) is 31.4 Å². The van der Waals surface area contributed by atoms with E-state index in [-0.39, 0.29) is 11.1 Å². The van der Waals surface area contributed by atoms with Crippen LogP contribution in [0.1, 0.15) is 16.7 Å². The van der Waals surface area contributed by atoms with Crippen LogP contribution in [0.25, 0.3) is 0 Å². The first-order valence-electron chi connectivity index (χ1n) is 10.1. The molecule has 0 spiro atoms. The lowest BCUT2D eigenvalue weighted by atomic mass is 10.1. The molecule has 1 atom stereocenters. The van der Waals surface area contributed by atoms with Gasteiger partial charge in [-0.1, -0.05) is 65.3 Å². The zero-order chi connectivity index (χ0) is 22.7. The van der Waals surface area contributed by atoms with E-state index in [0.29, 0.717) is 35.2 Å². The number of ether oxygens (including phenoxy) is 2. The fraction of sp³-hybridized carbons (Fsp3) is 0.200. The second-order valence-electron chi connectivity index (χ2n) is 7.49. The normalized spacial score (nSPS) is 15.8. The van der Waals surface area contributed by atoms with Gasteiger partial charge in [-0.15, -0.1) is 0 Å². The molecule has 2 amide bonds. The van der Waals surface area contributed by atoms with Gasteiger partial charge in [0.2, 0.25) is 5.91 Å². The van der Waals surface area contributed by atoms with Gasteiger partial charge in [0.15, 0.2) is 11.5 Å². The Kier molecular flexibility index (Phi) is 6.72. The zero-order valence-corrected chi connectivity index (χ0v) is 19.3. The predicted octanol–water partition coefficient (Wildman–Crippen LogP) is 6.05. The molecule has 1 heterocycles. The molecule has 0 saturated carbocycles. The summed E-state index contributed by atoms with van der Waals surface area (Å²) >= 11 is 7.05.